The van der Waals surface area contributed by atoms with Crippen molar-refractivity contribution in [2.75, 3.05) is 0 Å². The van der Waals surface area contributed by atoms with E-state index in [-0.39, 0.29) is 5.92 Å². The van der Waals surface area contributed by atoms with Crippen molar-refractivity contribution >= 4 is 88.6 Å². The number of aliphatic imine (C=N–C) groups is 1. The lowest BCUT2D eigenvalue weighted by Crippen LogP contribution is -2.06. The Kier molecular flexibility index (Phi) is 24.7. The maximum Gasteiger partial charge on any atom is 0.164 e. The van der Waals surface area contributed by atoms with Crippen molar-refractivity contribution in [3.63, 3.8) is 0 Å². The predicted octanol–water partition coefficient (Wildman–Crippen LogP) is 29.9. The summed E-state index contributed by atoms with van der Waals surface area (Å²) in [7, 11) is 0. The first-order valence-corrected chi connectivity index (χ1v) is 46.4. The summed E-state index contributed by atoms with van der Waals surface area (Å²) in [6, 6.07) is 136. The number of hydrogen-bond acceptors (Lipinski definition) is 15. The van der Waals surface area contributed by atoms with E-state index in [1.807, 2.05) is 225 Å². The maximum absolute atomic E-state index is 5.03. The zero-order chi connectivity index (χ0) is 93.7. The van der Waals surface area contributed by atoms with Crippen molar-refractivity contribution in [3.8, 4) is 136 Å². The molecule has 660 valence electrons. The zero-order valence-electron chi connectivity index (χ0n) is 75.9. The van der Waals surface area contributed by atoms with Crippen molar-refractivity contribution in [2.24, 2.45) is 4.99 Å². The van der Waals surface area contributed by atoms with E-state index in [1.54, 1.807) is 12.3 Å². The van der Waals surface area contributed by atoms with Gasteiger partial charge in [0.2, 0.25) is 0 Å². The molecule has 1 aliphatic carbocycles. The Labute approximate surface area is 809 Å². The van der Waals surface area contributed by atoms with Crippen LogP contribution in [0, 0.1) is 0 Å². The highest BCUT2D eigenvalue weighted by Crippen LogP contribution is 2.39. The van der Waals surface area contributed by atoms with Crippen LogP contribution < -0.4 is 0 Å². The van der Waals surface area contributed by atoms with Crippen LogP contribution in [-0.4, -0.2) is 76.0 Å². The fourth-order valence-electron chi connectivity index (χ4n) is 17.7. The van der Waals surface area contributed by atoms with Crippen LogP contribution in [0.5, 0.6) is 0 Å². The smallest absolute Gasteiger partial charge is 0.164 e. The van der Waals surface area contributed by atoms with Gasteiger partial charge in [-0.2, -0.15) is 0 Å². The van der Waals surface area contributed by atoms with Gasteiger partial charge in [-0.1, -0.05) is 407 Å². The molecule has 24 rings (SSSR count). The van der Waals surface area contributed by atoms with Crippen molar-refractivity contribution in [3.05, 3.63) is 503 Å². The molecule has 15 heteroatoms. The van der Waals surface area contributed by atoms with E-state index < -0.39 is 0 Å². The molecule has 8 aromatic heterocycles. The van der Waals surface area contributed by atoms with Gasteiger partial charge in [0.1, 0.15) is 0 Å². The third kappa shape index (κ3) is 18.9. The molecule has 0 radical (unpaired) electrons. The quantitative estimate of drug-likeness (QED) is 0.0548. The van der Waals surface area contributed by atoms with E-state index in [1.165, 1.54) is 10.8 Å². The van der Waals surface area contributed by atoms with Gasteiger partial charge < -0.3 is 0 Å². The molecular formula is C125H85N15. The number of fused-ring (bicyclic) bond motifs is 6. The molecule has 0 spiro atoms. The van der Waals surface area contributed by atoms with Crippen LogP contribution in [0.2, 0.25) is 0 Å². The lowest BCUT2D eigenvalue weighted by Gasteiger charge is -2.18. The monoisotopic (exact) mass is 1800 g/mol. The summed E-state index contributed by atoms with van der Waals surface area (Å²) >= 11 is 0. The molecule has 0 bridgehead atoms. The first kappa shape index (κ1) is 86.4. The fourth-order valence-corrected chi connectivity index (χ4v) is 17.7. The Bertz CT molecular complexity index is 8540. The second kappa shape index (κ2) is 40.1. The van der Waals surface area contributed by atoms with Gasteiger partial charge in [0, 0.05) is 143 Å². The average Bonchev–Trinajstić information content (AvgIpc) is 0.820. The molecule has 1 aliphatic rings. The van der Waals surface area contributed by atoms with E-state index in [4.69, 9.17) is 64.8 Å². The Morgan fingerprint density at radius 2 is 0.614 bits per heavy atom. The van der Waals surface area contributed by atoms with Crippen LogP contribution in [-0.2, 0) is 0 Å². The molecule has 15 aromatic carbocycles. The van der Waals surface area contributed by atoms with E-state index in [2.05, 4.69) is 265 Å². The minimum absolute atomic E-state index is 0.162. The molecule has 15 nitrogen and oxygen atoms in total. The number of nitrogens with zero attached hydrogens (tertiary/aromatic N) is 15. The molecule has 0 saturated carbocycles. The Hall–Kier alpha value is -19.0. The Morgan fingerprint density at radius 1 is 0.257 bits per heavy atom. The standard InChI is InChI=1S/C43H27N5.C43H29N5.C39H29N5/c1-2-10-35-27-36(22-13-28(35)7-1)43-47-41(33-18-14-31(15-19-33)39-37-11-5-3-8-29(37)23-25-44-39)46-42(48-43)34-20-16-32(17-21-34)40-38-12-6-4-9-30(38)24-26-45-40;1-2-9-30(10-3-1)25-27-44-29-31-17-19-35(20-18-31)41-46-42(48-43(47-41)39-16-8-13-32-11-4-6-14-37(32)39)36-23-21-34(22-24-36)40-38-15-7-5-12-33(38)26-28-45-40;1-2-3-10-28-14-9-25-40-35(28)29-16-20-32(21-17-29)38-42-37(31-12-5-4-6-13-31)43-39(44-38)33-22-18-30(19-23-33)36-34-15-8-7-11-27(34)24-26-41-36/h1-27H;1-29H;2-16,18-26,29H,1,17H2/b;27-25-,44-29?;10-3-. The number of allylic oxidation sites excluding steroid dienone is 6. The Morgan fingerprint density at radius 3 is 1.06 bits per heavy atom. The highest BCUT2D eigenvalue weighted by atomic mass is 15.1. The Balaban J connectivity index is 0.000000121. The summed E-state index contributed by atoms with van der Waals surface area (Å²) < 4.78 is 0. The van der Waals surface area contributed by atoms with Gasteiger partial charge in [0.05, 0.1) is 28.5 Å². The van der Waals surface area contributed by atoms with Crippen molar-refractivity contribution in [2.45, 2.75) is 12.3 Å². The second-order valence-corrected chi connectivity index (χ2v) is 33.8. The van der Waals surface area contributed by atoms with E-state index >= 15 is 0 Å². The highest BCUT2D eigenvalue weighted by Gasteiger charge is 2.23. The summed E-state index contributed by atoms with van der Waals surface area (Å²) in [5.74, 6) is 5.77. The average molecular weight is 1800 g/mol. The third-order valence-corrected chi connectivity index (χ3v) is 24.9. The van der Waals surface area contributed by atoms with Crippen LogP contribution >= 0.6 is 0 Å². The lowest BCUT2D eigenvalue weighted by atomic mass is 9.90. The molecule has 1 unspecified atom stereocenters. The lowest BCUT2D eigenvalue weighted by molar-refractivity contribution is 0.813. The summed E-state index contributed by atoms with van der Waals surface area (Å²) in [6.07, 6.45) is 28.0. The van der Waals surface area contributed by atoms with Gasteiger partial charge in [-0.15, -0.1) is 0 Å². The molecular weight excluding hydrogens is 1710 g/mol. The SMILES string of the molecule is C(=N/C=C\c1ccccc1)c1ccc(-c2nc(-c3ccc(-c4nccc5ccccc45)cc3)nc(-c3cccc4ccccc34)n2)cc1.C=C/C=C\c1cccnc1C1C=CC(c2nc(-c3ccccc3)nc(-c3ccc(-c4nccc5ccccc45)cc3)n2)=CC1.c1ccc2cc(-c3nc(-c4ccc(-c5nccc6ccccc56)cc4)nc(-c4ccc(-c5nccc6ccccc56)cc4)n3)ccc2c1. The molecule has 0 saturated heterocycles. The number of benzene rings is 15. The van der Waals surface area contributed by atoms with Crippen LogP contribution in [0.1, 0.15) is 40.5 Å². The van der Waals surface area contributed by atoms with E-state index in [9.17, 15) is 0 Å². The van der Waals surface area contributed by atoms with Crippen LogP contribution in [0.15, 0.2) is 480 Å². The maximum atomic E-state index is 5.03. The van der Waals surface area contributed by atoms with Gasteiger partial charge in [-0.05, 0) is 109 Å². The molecule has 0 fully saturated rings. The summed E-state index contributed by atoms with van der Waals surface area (Å²) in [6.45, 7) is 3.80. The van der Waals surface area contributed by atoms with Crippen LogP contribution in [0.4, 0.5) is 0 Å². The van der Waals surface area contributed by atoms with Crippen molar-refractivity contribution in [1.29, 1.82) is 0 Å². The van der Waals surface area contributed by atoms with Gasteiger partial charge in [0.25, 0.3) is 0 Å². The van der Waals surface area contributed by atoms with Gasteiger partial charge in [0.15, 0.2) is 52.4 Å². The number of aromatic nitrogens is 14. The fraction of sp³-hybridized carbons (Fsp3) is 0.0160. The van der Waals surface area contributed by atoms with Crippen molar-refractivity contribution < 1.29 is 0 Å². The third-order valence-electron chi connectivity index (χ3n) is 24.9. The summed E-state index contributed by atoms with van der Waals surface area (Å²) in [5, 5.41) is 13.7. The normalized spacial score (nSPS) is 12.4. The number of pyridine rings is 5. The first-order valence-electron chi connectivity index (χ1n) is 46.4. The molecule has 1 atom stereocenters. The second-order valence-electron chi connectivity index (χ2n) is 33.8. The van der Waals surface area contributed by atoms with Crippen LogP contribution in [0.25, 0.3) is 218 Å². The first-order chi connectivity index (χ1) is 69.3. The molecule has 0 amide bonds. The molecule has 23 aromatic rings. The number of hydrogen-bond donors (Lipinski definition) is 0. The van der Waals surface area contributed by atoms with Gasteiger partial charge in [-0.25, -0.2) is 44.9 Å². The number of rotatable bonds is 19. The largest absolute Gasteiger partial charge is 0.264 e. The molecule has 140 heavy (non-hydrogen) atoms. The topological polar surface area (TPSA) is 193 Å². The predicted molar refractivity (Wildman–Crippen MR) is 572 cm³/mol. The van der Waals surface area contributed by atoms with Gasteiger partial charge in [-0.3, -0.25) is 29.9 Å². The van der Waals surface area contributed by atoms with Gasteiger partial charge >= 0.3 is 0 Å². The van der Waals surface area contributed by atoms with Crippen molar-refractivity contribution in [1.82, 2.24) is 69.8 Å². The van der Waals surface area contributed by atoms with E-state index in [0.29, 0.717) is 52.4 Å². The molecule has 0 aliphatic heterocycles. The molecule has 8 heterocycles. The van der Waals surface area contributed by atoms with E-state index in [0.717, 1.165) is 178 Å². The minimum Gasteiger partial charge on any atom is -0.264 e. The minimum atomic E-state index is 0.162. The zero-order valence-corrected chi connectivity index (χ0v) is 75.9. The highest BCUT2D eigenvalue weighted by molar-refractivity contribution is 6.00. The summed E-state index contributed by atoms with van der Waals surface area (Å²) in [5.41, 5.74) is 20.5. The van der Waals surface area contributed by atoms with Crippen LogP contribution in [0.3, 0.4) is 0 Å². The summed E-state index contributed by atoms with van der Waals surface area (Å²) in [4.78, 5) is 72.8. The molecule has 0 N–H and O–H groups in total.